The standard InChI is InChI=1S/C20H22N4O2S2/c1-12-7-6-10-23-17(12)22-16(21-2)14(18(23)25)11-15-19(26)24(20(27)28-15)13-8-4-3-5-9-13/h6-7,10-11,13,21H,3-5,8-9H2,1-2H3/b15-11-. The molecule has 6 nitrogen and oxygen atoms in total. The van der Waals surface area contributed by atoms with Crippen molar-refractivity contribution >= 4 is 51.7 Å². The zero-order valence-corrected chi connectivity index (χ0v) is 17.5. The Bertz CT molecular complexity index is 1050. The number of aromatic nitrogens is 2. The lowest BCUT2D eigenvalue weighted by molar-refractivity contribution is -0.124. The van der Waals surface area contributed by atoms with Crippen LogP contribution in [0.3, 0.4) is 0 Å². The van der Waals surface area contributed by atoms with Crippen molar-refractivity contribution in [3.63, 3.8) is 0 Å². The van der Waals surface area contributed by atoms with E-state index in [9.17, 15) is 9.59 Å². The van der Waals surface area contributed by atoms with Gasteiger partial charge in [-0.2, -0.15) is 0 Å². The number of nitrogens with zero attached hydrogens (tertiary/aromatic N) is 3. The van der Waals surface area contributed by atoms with Crippen molar-refractivity contribution in [3.8, 4) is 0 Å². The second-order valence-electron chi connectivity index (χ2n) is 7.16. The Balaban J connectivity index is 1.77. The van der Waals surface area contributed by atoms with E-state index in [-0.39, 0.29) is 17.5 Å². The molecule has 1 saturated heterocycles. The lowest BCUT2D eigenvalue weighted by Crippen LogP contribution is -2.39. The first-order valence-electron chi connectivity index (χ1n) is 9.48. The fraction of sp³-hybridized carbons (Fsp3) is 0.400. The van der Waals surface area contributed by atoms with Crippen molar-refractivity contribution in [2.75, 3.05) is 12.4 Å². The molecule has 1 saturated carbocycles. The van der Waals surface area contributed by atoms with E-state index in [0.29, 0.717) is 26.3 Å². The molecule has 2 aliphatic rings. The van der Waals surface area contributed by atoms with Crippen LogP contribution in [0, 0.1) is 6.92 Å². The number of anilines is 1. The Labute approximate surface area is 173 Å². The summed E-state index contributed by atoms with van der Waals surface area (Å²) in [5, 5.41) is 2.99. The van der Waals surface area contributed by atoms with Crippen molar-refractivity contribution < 1.29 is 4.79 Å². The minimum absolute atomic E-state index is 0.0994. The molecule has 2 fully saturated rings. The van der Waals surface area contributed by atoms with Crippen molar-refractivity contribution in [2.24, 2.45) is 0 Å². The summed E-state index contributed by atoms with van der Waals surface area (Å²) < 4.78 is 2.10. The van der Waals surface area contributed by atoms with Crippen LogP contribution in [-0.4, -0.2) is 37.6 Å². The van der Waals surface area contributed by atoms with E-state index in [1.807, 2.05) is 19.1 Å². The first-order valence-corrected chi connectivity index (χ1v) is 10.7. The second kappa shape index (κ2) is 7.67. The van der Waals surface area contributed by atoms with Gasteiger partial charge in [-0.3, -0.25) is 18.9 Å². The Morgan fingerprint density at radius 1 is 1.29 bits per heavy atom. The summed E-state index contributed by atoms with van der Waals surface area (Å²) in [6.07, 6.45) is 8.77. The Morgan fingerprint density at radius 3 is 2.75 bits per heavy atom. The SMILES string of the molecule is CNc1nc2c(C)cccn2c(=O)c1/C=C1\SC(=S)N(C2CCCCC2)C1=O. The Morgan fingerprint density at radius 2 is 2.04 bits per heavy atom. The van der Waals surface area contributed by atoms with Crippen LogP contribution in [0.4, 0.5) is 5.82 Å². The molecule has 1 amide bonds. The highest BCUT2D eigenvalue weighted by molar-refractivity contribution is 8.26. The monoisotopic (exact) mass is 414 g/mol. The van der Waals surface area contributed by atoms with Gasteiger partial charge in [0.15, 0.2) is 0 Å². The summed E-state index contributed by atoms with van der Waals surface area (Å²) in [4.78, 5) is 33.0. The maximum absolute atomic E-state index is 13.1. The van der Waals surface area contributed by atoms with Crippen molar-refractivity contribution in [2.45, 2.75) is 45.1 Å². The maximum atomic E-state index is 13.1. The third kappa shape index (κ3) is 3.24. The van der Waals surface area contributed by atoms with Crippen LogP contribution in [0.1, 0.15) is 43.2 Å². The maximum Gasteiger partial charge on any atom is 0.267 e. The lowest BCUT2D eigenvalue weighted by atomic mass is 9.94. The number of thioether (sulfide) groups is 1. The molecular formula is C20H22N4O2S2. The molecular weight excluding hydrogens is 392 g/mol. The molecule has 2 aromatic heterocycles. The molecule has 0 radical (unpaired) electrons. The molecule has 3 heterocycles. The van der Waals surface area contributed by atoms with E-state index in [4.69, 9.17) is 12.2 Å². The topological polar surface area (TPSA) is 66.7 Å². The first-order chi connectivity index (χ1) is 13.5. The minimum Gasteiger partial charge on any atom is -0.372 e. The van der Waals surface area contributed by atoms with E-state index in [0.717, 1.165) is 31.2 Å². The van der Waals surface area contributed by atoms with Gasteiger partial charge in [0.2, 0.25) is 0 Å². The van der Waals surface area contributed by atoms with Gasteiger partial charge in [-0.1, -0.05) is 49.3 Å². The van der Waals surface area contributed by atoms with Gasteiger partial charge in [0, 0.05) is 19.3 Å². The smallest absolute Gasteiger partial charge is 0.267 e. The van der Waals surface area contributed by atoms with Crippen molar-refractivity contribution in [3.05, 3.63) is 44.7 Å². The minimum atomic E-state index is -0.207. The molecule has 0 atom stereocenters. The van der Waals surface area contributed by atoms with E-state index < -0.39 is 0 Å². The number of amides is 1. The van der Waals surface area contributed by atoms with Gasteiger partial charge in [-0.15, -0.1) is 0 Å². The number of carbonyl (C=O) groups is 1. The van der Waals surface area contributed by atoms with Crippen molar-refractivity contribution in [1.29, 1.82) is 0 Å². The van der Waals surface area contributed by atoms with E-state index in [1.54, 1.807) is 24.2 Å². The number of carbonyl (C=O) groups excluding carboxylic acids is 1. The van der Waals surface area contributed by atoms with Gasteiger partial charge >= 0.3 is 0 Å². The molecule has 146 valence electrons. The third-order valence-electron chi connectivity index (χ3n) is 5.36. The fourth-order valence-electron chi connectivity index (χ4n) is 3.90. The van der Waals surface area contributed by atoms with Gasteiger partial charge in [0.25, 0.3) is 11.5 Å². The fourth-order valence-corrected chi connectivity index (χ4v) is 5.28. The van der Waals surface area contributed by atoms with Crippen LogP contribution in [0.25, 0.3) is 11.7 Å². The van der Waals surface area contributed by atoms with Gasteiger partial charge < -0.3 is 5.32 Å². The zero-order chi connectivity index (χ0) is 19.8. The van der Waals surface area contributed by atoms with E-state index in [1.165, 1.54) is 22.6 Å². The molecule has 1 N–H and O–H groups in total. The summed E-state index contributed by atoms with van der Waals surface area (Å²) in [6.45, 7) is 1.91. The number of rotatable bonds is 3. The number of hydrogen-bond donors (Lipinski definition) is 1. The molecule has 1 aliphatic carbocycles. The Kier molecular flexibility index (Phi) is 5.25. The first kappa shape index (κ1) is 19.1. The number of hydrogen-bond acceptors (Lipinski definition) is 6. The molecule has 0 aromatic carbocycles. The molecule has 2 aromatic rings. The predicted octanol–water partition coefficient (Wildman–Crippen LogP) is 3.58. The highest BCUT2D eigenvalue weighted by Crippen LogP contribution is 2.37. The molecule has 28 heavy (non-hydrogen) atoms. The summed E-state index contributed by atoms with van der Waals surface area (Å²) in [6, 6.07) is 3.90. The Hall–Kier alpha value is -2.19. The number of fused-ring (bicyclic) bond motifs is 1. The summed E-state index contributed by atoms with van der Waals surface area (Å²) in [5.41, 5.74) is 1.67. The highest BCUT2D eigenvalue weighted by atomic mass is 32.2. The third-order valence-corrected chi connectivity index (χ3v) is 6.69. The number of aryl methyl sites for hydroxylation is 1. The van der Waals surface area contributed by atoms with Crippen LogP contribution >= 0.6 is 24.0 Å². The second-order valence-corrected chi connectivity index (χ2v) is 8.83. The quantitative estimate of drug-likeness (QED) is 0.612. The van der Waals surface area contributed by atoms with E-state index >= 15 is 0 Å². The van der Waals surface area contributed by atoms with Crippen LogP contribution in [0.5, 0.6) is 0 Å². The van der Waals surface area contributed by atoms with Crippen LogP contribution in [-0.2, 0) is 4.79 Å². The largest absolute Gasteiger partial charge is 0.372 e. The predicted molar refractivity (Wildman–Crippen MR) is 118 cm³/mol. The number of thiocarbonyl (C=S) groups is 1. The van der Waals surface area contributed by atoms with Crippen molar-refractivity contribution in [1.82, 2.24) is 14.3 Å². The van der Waals surface area contributed by atoms with Crippen LogP contribution in [0.15, 0.2) is 28.0 Å². The average Bonchev–Trinajstić information content (AvgIpc) is 2.98. The van der Waals surface area contributed by atoms with Gasteiger partial charge in [0.05, 0.1) is 10.5 Å². The lowest BCUT2D eigenvalue weighted by Gasteiger charge is -2.29. The number of pyridine rings is 1. The molecule has 1 aliphatic heterocycles. The number of nitrogens with one attached hydrogen (secondary N) is 1. The summed E-state index contributed by atoms with van der Waals surface area (Å²) in [5.74, 6) is 0.361. The van der Waals surface area contributed by atoms with E-state index in [2.05, 4.69) is 10.3 Å². The summed E-state index contributed by atoms with van der Waals surface area (Å²) >= 11 is 6.76. The molecule has 0 unspecified atom stereocenters. The van der Waals surface area contributed by atoms with Crippen LogP contribution < -0.4 is 10.9 Å². The molecule has 4 rings (SSSR count). The highest BCUT2D eigenvalue weighted by Gasteiger charge is 2.37. The summed E-state index contributed by atoms with van der Waals surface area (Å²) in [7, 11) is 1.72. The van der Waals surface area contributed by atoms with Crippen LogP contribution in [0.2, 0.25) is 0 Å². The van der Waals surface area contributed by atoms with Gasteiger partial charge in [-0.25, -0.2) is 4.98 Å². The zero-order valence-electron chi connectivity index (χ0n) is 15.9. The van der Waals surface area contributed by atoms with Gasteiger partial charge in [0.1, 0.15) is 15.8 Å². The van der Waals surface area contributed by atoms with Gasteiger partial charge in [-0.05, 0) is 37.5 Å². The molecule has 0 spiro atoms. The molecule has 0 bridgehead atoms. The molecule has 8 heteroatoms. The average molecular weight is 415 g/mol. The normalized spacial score (nSPS) is 19.8.